The van der Waals surface area contributed by atoms with Crippen LogP contribution in [0.25, 0.3) is 0 Å². The van der Waals surface area contributed by atoms with Crippen LogP contribution in [-0.2, 0) is 11.2 Å². The zero-order valence-corrected chi connectivity index (χ0v) is 13.3. The number of ether oxygens (including phenoxy) is 1. The molecule has 98 valence electrons. The Hall–Kier alpha value is 0.100. The molecule has 2 nitrogen and oxygen atoms in total. The Morgan fingerprint density at radius 2 is 2.18 bits per heavy atom. The molecule has 0 aromatic carbocycles. The zero-order valence-electron chi connectivity index (χ0n) is 10.9. The predicted molar refractivity (Wildman–Crippen MR) is 79.0 cm³/mol. The number of halogens is 1. The Kier molecular flexibility index (Phi) is 7.35. The van der Waals surface area contributed by atoms with E-state index in [0.29, 0.717) is 5.92 Å². The number of hydrogen-bond donors (Lipinski definition) is 1. The van der Waals surface area contributed by atoms with Crippen LogP contribution in [0.3, 0.4) is 0 Å². The highest BCUT2D eigenvalue weighted by Gasteiger charge is 2.02. The minimum absolute atomic E-state index is 0.710. The summed E-state index contributed by atoms with van der Waals surface area (Å²) in [7, 11) is 0. The van der Waals surface area contributed by atoms with Gasteiger partial charge in [-0.25, -0.2) is 0 Å². The summed E-state index contributed by atoms with van der Waals surface area (Å²) in [5, 5.41) is 3.37. The average Bonchev–Trinajstić information content (AvgIpc) is 2.56. The van der Waals surface area contributed by atoms with Crippen LogP contribution in [0.2, 0.25) is 0 Å². The monoisotopic (exact) mass is 319 g/mol. The lowest BCUT2D eigenvalue weighted by molar-refractivity contribution is 0.139. The van der Waals surface area contributed by atoms with Crippen molar-refractivity contribution < 1.29 is 4.74 Å². The zero-order chi connectivity index (χ0) is 12.7. The van der Waals surface area contributed by atoms with Crippen LogP contribution in [0, 0.1) is 12.8 Å². The number of hydrogen-bond acceptors (Lipinski definition) is 3. The summed E-state index contributed by atoms with van der Waals surface area (Å²) in [6.07, 6.45) is 1.02. The molecule has 0 aliphatic carbocycles. The SMILES string of the molecule is Cc1cc(CCOCCNCC(C)C)sc1Br. The fourth-order valence-corrected chi connectivity index (χ4v) is 3.07. The largest absolute Gasteiger partial charge is 0.380 e. The van der Waals surface area contributed by atoms with Gasteiger partial charge in [0.2, 0.25) is 0 Å². The van der Waals surface area contributed by atoms with Gasteiger partial charge in [-0.05, 0) is 46.9 Å². The first kappa shape index (κ1) is 15.2. The van der Waals surface area contributed by atoms with Gasteiger partial charge in [0.05, 0.1) is 17.0 Å². The maximum atomic E-state index is 5.60. The van der Waals surface area contributed by atoms with Gasteiger partial charge in [0.1, 0.15) is 0 Å². The van der Waals surface area contributed by atoms with Crippen LogP contribution in [-0.4, -0.2) is 26.3 Å². The Morgan fingerprint density at radius 1 is 1.41 bits per heavy atom. The summed E-state index contributed by atoms with van der Waals surface area (Å²) in [6.45, 7) is 10.2. The normalized spacial score (nSPS) is 11.4. The molecule has 4 heteroatoms. The van der Waals surface area contributed by atoms with Gasteiger partial charge in [0, 0.05) is 17.8 Å². The second kappa shape index (κ2) is 8.25. The Labute approximate surface area is 117 Å². The smallest absolute Gasteiger partial charge is 0.0730 e. The lowest BCUT2D eigenvalue weighted by Gasteiger charge is -2.07. The first-order valence-electron chi connectivity index (χ1n) is 6.13. The van der Waals surface area contributed by atoms with Crippen molar-refractivity contribution in [3.8, 4) is 0 Å². The van der Waals surface area contributed by atoms with E-state index in [4.69, 9.17) is 4.74 Å². The minimum atomic E-state index is 0.710. The van der Waals surface area contributed by atoms with Crippen molar-refractivity contribution in [2.24, 2.45) is 5.92 Å². The fourth-order valence-electron chi connectivity index (χ4n) is 1.46. The van der Waals surface area contributed by atoms with Gasteiger partial charge < -0.3 is 10.1 Å². The van der Waals surface area contributed by atoms with Crippen molar-refractivity contribution in [1.29, 1.82) is 0 Å². The van der Waals surface area contributed by atoms with Crippen molar-refractivity contribution in [2.75, 3.05) is 26.3 Å². The molecule has 17 heavy (non-hydrogen) atoms. The van der Waals surface area contributed by atoms with E-state index in [0.717, 1.165) is 32.7 Å². The summed E-state index contributed by atoms with van der Waals surface area (Å²) in [6, 6.07) is 2.23. The van der Waals surface area contributed by atoms with Gasteiger partial charge in [-0.2, -0.15) is 0 Å². The van der Waals surface area contributed by atoms with E-state index in [1.54, 1.807) is 0 Å². The van der Waals surface area contributed by atoms with E-state index in [9.17, 15) is 0 Å². The topological polar surface area (TPSA) is 21.3 Å². The molecule has 0 fully saturated rings. The summed E-state index contributed by atoms with van der Waals surface area (Å²) in [4.78, 5) is 1.39. The van der Waals surface area contributed by atoms with Crippen LogP contribution < -0.4 is 5.32 Å². The van der Waals surface area contributed by atoms with E-state index >= 15 is 0 Å². The molecule has 0 saturated heterocycles. The Bertz CT molecular complexity index is 306. The van der Waals surface area contributed by atoms with Crippen LogP contribution in [0.5, 0.6) is 0 Å². The summed E-state index contributed by atoms with van der Waals surface area (Å²) in [5.41, 5.74) is 1.32. The maximum Gasteiger partial charge on any atom is 0.0730 e. The van der Waals surface area contributed by atoms with Gasteiger partial charge in [0.25, 0.3) is 0 Å². The molecule has 0 aliphatic heterocycles. The third kappa shape index (κ3) is 6.55. The molecule has 1 heterocycles. The van der Waals surface area contributed by atoms with Gasteiger partial charge in [-0.1, -0.05) is 13.8 Å². The molecule has 0 radical (unpaired) electrons. The highest BCUT2D eigenvalue weighted by Crippen LogP contribution is 2.27. The van der Waals surface area contributed by atoms with Crippen molar-refractivity contribution >= 4 is 27.3 Å². The van der Waals surface area contributed by atoms with Crippen molar-refractivity contribution in [2.45, 2.75) is 27.2 Å². The molecule has 0 aliphatic rings. The van der Waals surface area contributed by atoms with E-state index < -0.39 is 0 Å². The van der Waals surface area contributed by atoms with Gasteiger partial charge in [0.15, 0.2) is 0 Å². The molecule has 1 rings (SSSR count). The highest BCUT2D eigenvalue weighted by molar-refractivity contribution is 9.11. The maximum absolute atomic E-state index is 5.60. The van der Waals surface area contributed by atoms with Gasteiger partial charge >= 0.3 is 0 Å². The lowest BCUT2D eigenvalue weighted by Crippen LogP contribution is -2.24. The van der Waals surface area contributed by atoms with Crippen molar-refractivity contribution in [1.82, 2.24) is 5.32 Å². The van der Waals surface area contributed by atoms with Crippen LogP contribution >= 0.6 is 27.3 Å². The van der Waals surface area contributed by atoms with Gasteiger partial charge in [-0.15, -0.1) is 11.3 Å². The fraction of sp³-hybridized carbons (Fsp3) is 0.692. The average molecular weight is 320 g/mol. The molecule has 0 amide bonds. The predicted octanol–water partition coefficient (Wildman–Crippen LogP) is 3.62. The molecular formula is C13H22BrNOS. The summed E-state index contributed by atoms with van der Waals surface area (Å²) >= 11 is 5.35. The molecule has 0 saturated carbocycles. The number of rotatable bonds is 8. The number of aryl methyl sites for hydroxylation is 1. The van der Waals surface area contributed by atoms with Gasteiger partial charge in [-0.3, -0.25) is 0 Å². The van der Waals surface area contributed by atoms with Crippen LogP contribution in [0.1, 0.15) is 24.3 Å². The molecule has 0 spiro atoms. The molecular weight excluding hydrogens is 298 g/mol. The third-order valence-corrected chi connectivity index (χ3v) is 4.57. The van der Waals surface area contributed by atoms with Crippen molar-refractivity contribution in [3.63, 3.8) is 0 Å². The highest BCUT2D eigenvalue weighted by atomic mass is 79.9. The summed E-state index contributed by atoms with van der Waals surface area (Å²) in [5.74, 6) is 0.710. The lowest BCUT2D eigenvalue weighted by atomic mass is 10.2. The second-order valence-corrected chi connectivity index (χ2v) is 7.08. The van der Waals surface area contributed by atoms with E-state index in [1.165, 1.54) is 14.2 Å². The van der Waals surface area contributed by atoms with E-state index in [1.807, 2.05) is 11.3 Å². The minimum Gasteiger partial charge on any atom is -0.380 e. The van der Waals surface area contributed by atoms with Crippen molar-refractivity contribution in [3.05, 3.63) is 20.3 Å². The molecule has 0 bridgehead atoms. The van der Waals surface area contributed by atoms with Crippen LogP contribution in [0.15, 0.2) is 9.85 Å². The summed E-state index contributed by atoms with van der Waals surface area (Å²) < 4.78 is 6.84. The standard InChI is InChI=1S/C13H22BrNOS/c1-10(2)9-15-5-7-16-6-4-12-8-11(3)13(14)17-12/h8,10,15H,4-7,9H2,1-3H3. The molecule has 0 unspecified atom stereocenters. The second-order valence-electron chi connectivity index (χ2n) is 4.63. The van der Waals surface area contributed by atoms with E-state index in [2.05, 4.69) is 48.1 Å². The molecule has 0 atom stereocenters. The molecule has 1 aromatic rings. The first-order chi connectivity index (χ1) is 8.09. The first-order valence-corrected chi connectivity index (χ1v) is 7.74. The quantitative estimate of drug-likeness (QED) is 0.739. The number of thiophene rings is 1. The number of nitrogens with one attached hydrogen (secondary N) is 1. The third-order valence-electron chi connectivity index (χ3n) is 2.38. The molecule has 1 aromatic heterocycles. The Balaban J connectivity index is 2.01. The van der Waals surface area contributed by atoms with Crippen LogP contribution in [0.4, 0.5) is 0 Å². The van der Waals surface area contributed by atoms with E-state index in [-0.39, 0.29) is 0 Å². The molecule has 1 N–H and O–H groups in total. The Morgan fingerprint density at radius 3 is 2.76 bits per heavy atom.